The third-order valence-corrected chi connectivity index (χ3v) is 5.86. The van der Waals surface area contributed by atoms with E-state index in [0.717, 1.165) is 50.1 Å². The zero-order chi connectivity index (χ0) is 19.1. The largest absolute Gasteiger partial charge is 0.340 e. The fraction of sp³-hybridized carbons (Fsp3) is 0.636. The molecule has 2 fully saturated rings. The van der Waals surface area contributed by atoms with Gasteiger partial charge in [-0.1, -0.05) is 43.4 Å². The van der Waals surface area contributed by atoms with Crippen LogP contribution in [0.4, 0.5) is 0 Å². The van der Waals surface area contributed by atoms with E-state index in [-0.39, 0.29) is 17.9 Å². The lowest BCUT2D eigenvalue weighted by atomic mass is 10.0. The Morgan fingerprint density at radius 3 is 2.30 bits per heavy atom. The minimum absolute atomic E-state index is 0.0787. The highest BCUT2D eigenvalue weighted by Gasteiger charge is 2.27. The van der Waals surface area contributed by atoms with Gasteiger partial charge < -0.3 is 15.1 Å². The van der Waals surface area contributed by atoms with E-state index in [1.165, 1.54) is 25.7 Å². The van der Waals surface area contributed by atoms with Gasteiger partial charge in [0.05, 0.1) is 0 Å². The molecule has 1 aromatic carbocycles. The van der Waals surface area contributed by atoms with Crippen molar-refractivity contribution in [2.45, 2.75) is 57.9 Å². The van der Waals surface area contributed by atoms with Crippen LogP contribution in [0.1, 0.15) is 60.9 Å². The summed E-state index contributed by atoms with van der Waals surface area (Å²) in [6.07, 6.45) is 7.39. The lowest BCUT2D eigenvalue weighted by Gasteiger charge is -2.33. The molecule has 0 aromatic heterocycles. The van der Waals surface area contributed by atoms with Crippen molar-refractivity contribution in [3.05, 3.63) is 35.4 Å². The van der Waals surface area contributed by atoms with Crippen LogP contribution in [0.5, 0.6) is 0 Å². The number of aryl methyl sites for hydroxylation is 1. The Kier molecular flexibility index (Phi) is 7.27. The number of hydrogen-bond donors (Lipinski definition) is 1. The van der Waals surface area contributed by atoms with Gasteiger partial charge in [0.2, 0.25) is 5.91 Å². The highest BCUT2D eigenvalue weighted by atomic mass is 16.2. The number of carbonyl (C=O) groups excluding carboxylic acids is 2. The third-order valence-electron chi connectivity index (χ3n) is 5.86. The highest BCUT2D eigenvalue weighted by Crippen LogP contribution is 2.24. The molecular weight excluding hydrogens is 338 g/mol. The van der Waals surface area contributed by atoms with E-state index in [1.54, 1.807) is 0 Å². The van der Waals surface area contributed by atoms with Gasteiger partial charge in [0.15, 0.2) is 0 Å². The Morgan fingerprint density at radius 1 is 1.04 bits per heavy atom. The zero-order valence-corrected chi connectivity index (χ0v) is 16.6. The topological polar surface area (TPSA) is 52.7 Å². The number of nitrogens with one attached hydrogen (secondary N) is 1. The van der Waals surface area contributed by atoms with Crippen molar-refractivity contribution in [2.24, 2.45) is 0 Å². The van der Waals surface area contributed by atoms with Gasteiger partial charge >= 0.3 is 0 Å². The smallest absolute Gasteiger partial charge is 0.254 e. The molecule has 5 heteroatoms. The van der Waals surface area contributed by atoms with E-state index in [4.69, 9.17) is 0 Å². The van der Waals surface area contributed by atoms with E-state index in [2.05, 4.69) is 5.32 Å². The molecule has 0 atom stereocenters. The summed E-state index contributed by atoms with van der Waals surface area (Å²) in [5.41, 5.74) is 1.89. The molecule has 1 N–H and O–H groups in total. The molecule has 2 amide bonds. The first-order valence-corrected chi connectivity index (χ1v) is 10.5. The van der Waals surface area contributed by atoms with Gasteiger partial charge in [-0.15, -0.1) is 0 Å². The number of amides is 2. The maximum Gasteiger partial charge on any atom is 0.254 e. The van der Waals surface area contributed by atoms with Crippen molar-refractivity contribution in [1.29, 1.82) is 0 Å². The summed E-state index contributed by atoms with van der Waals surface area (Å²) in [5, 5.41) is 3.28. The van der Waals surface area contributed by atoms with Crippen LogP contribution in [0, 0.1) is 6.92 Å². The minimum atomic E-state index is 0.0787. The Balaban J connectivity index is 1.69. The first-order chi connectivity index (χ1) is 13.1. The van der Waals surface area contributed by atoms with E-state index in [0.29, 0.717) is 13.0 Å². The third kappa shape index (κ3) is 5.55. The van der Waals surface area contributed by atoms with E-state index >= 15 is 0 Å². The highest BCUT2D eigenvalue weighted by molar-refractivity contribution is 5.94. The predicted octanol–water partition coefficient (Wildman–Crippen LogP) is 2.98. The molecule has 0 spiro atoms. The summed E-state index contributed by atoms with van der Waals surface area (Å²) in [6, 6.07) is 8.07. The zero-order valence-electron chi connectivity index (χ0n) is 16.6. The molecule has 1 aromatic rings. The summed E-state index contributed by atoms with van der Waals surface area (Å²) >= 11 is 0. The van der Waals surface area contributed by atoms with Gasteiger partial charge in [0.1, 0.15) is 0 Å². The molecule has 1 heterocycles. The minimum Gasteiger partial charge on any atom is -0.340 e. The number of piperazine rings is 1. The molecule has 5 nitrogen and oxygen atoms in total. The lowest BCUT2D eigenvalue weighted by Crippen LogP contribution is -2.48. The normalized spacial score (nSPS) is 18.8. The number of rotatable bonds is 5. The first-order valence-electron chi connectivity index (χ1n) is 10.5. The maximum atomic E-state index is 13.2. The second-order valence-corrected chi connectivity index (χ2v) is 7.89. The van der Waals surface area contributed by atoms with Crippen LogP contribution in [0.3, 0.4) is 0 Å². The number of carbonyl (C=O) groups is 2. The van der Waals surface area contributed by atoms with E-state index in [1.807, 2.05) is 41.0 Å². The van der Waals surface area contributed by atoms with Crippen LogP contribution < -0.4 is 5.32 Å². The molecule has 1 aliphatic carbocycles. The summed E-state index contributed by atoms with van der Waals surface area (Å²) in [5.74, 6) is 0.252. The Morgan fingerprint density at radius 2 is 1.67 bits per heavy atom. The molecule has 1 aliphatic heterocycles. The van der Waals surface area contributed by atoms with Crippen molar-refractivity contribution < 1.29 is 9.59 Å². The SMILES string of the molecule is Cc1ccc(C(=O)N(CCC(=O)N2CCNCC2)C2CCCCCC2)cc1. The molecule has 2 aliphatic rings. The summed E-state index contributed by atoms with van der Waals surface area (Å²) < 4.78 is 0. The Bertz CT molecular complexity index is 615. The maximum absolute atomic E-state index is 13.2. The molecule has 0 bridgehead atoms. The molecule has 0 unspecified atom stereocenters. The average molecular weight is 372 g/mol. The fourth-order valence-corrected chi connectivity index (χ4v) is 4.17. The van der Waals surface area contributed by atoms with Crippen LogP contribution in [0.25, 0.3) is 0 Å². The van der Waals surface area contributed by atoms with Crippen LogP contribution in [0.2, 0.25) is 0 Å². The number of benzene rings is 1. The lowest BCUT2D eigenvalue weighted by molar-refractivity contribution is -0.132. The number of hydrogen-bond acceptors (Lipinski definition) is 3. The second kappa shape index (κ2) is 9.88. The van der Waals surface area contributed by atoms with Gasteiger partial charge in [0, 0.05) is 50.7 Å². The fourth-order valence-electron chi connectivity index (χ4n) is 4.17. The van der Waals surface area contributed by atoms with Crippen molar-refractivity contribution in [3.8, 4) is 0 Å². The van der Waals surface area contributed by atoms with Gasteiger partial charge in [-0.3, -0.25) is 9.59 Å². The summed E-state index contributed by atoms with van der Waals surface area (Å²) in [4.78, 5) is 29.8. The van der Waals surface area contributed by atoms with Crippen LogP contribution in [-0.4, -0.2) is 60.4 Å². The van der Waals surface area contributed by atoms with Crippen molar-refractivity contribution >= 4 is 11.8 Å². The summed E-state index contributed by atoms with van der Waals surface area (Å²) in [6.45, 7) is 5.83. The monoisotopic (exact) mass is 371 g/mol. The predicted molar refractivity (Wildman–Crippen MR) is 108 cm³/mol. The molecule has 3 rings (SSSR count). The van der Waals surface area contributed by atoms with Crippen LogP contribution in [-0.2, 0) is 4.79 Å². The van der Waals surface area contributed by atoms with E-state index in [9.17, 15) is 9.59 Å². The van der Waals surface area contributed by atoms with Crippen molar-refractivity contribution in [2.75, 3.05) is 32.7 Å². The quantitative estimate of drug-likeness (QED) is 0.810. The van der Waals surface area contributed by atoms with Gasteiger partial charge in [0.25, 0.3) is 5.91 Å². The molecule has 1 saturated heterocycles. The molecular formula is C22H33N3O2. The van der Waals surface area contributed by atoms with Gasteiger partial charge in [-0.2, -0.15) is 0 Å². The summed E-state index contributed by atoms with van der Waals surface area (Å²) in [7, 11) is 0. The van der Waals surface area contributed by atoms with Gasteiger partial charge in [-0.25, -0.2) is 0 Å². The number of nitrogens with zero attached hydrogens (tertiary/aromatic N) is 2. The van der Waals surface area contributed by atoms with Crippen LogP contribution >= 0.6 is 0 Å². The van der Waals surface area contributed by atoms with Gasteiger partial charge in [-0.05, 0) is 31.9 Å². The Labute approximate surface area is 163 Å². The second-order valence-electron chi connectivity index (χ2n) is 7.89. The molecule has 148 valence electrons. The Hall–Kier alpha value is -1.88. The molecule has 1 saturated carbocycles. The van der Waals surface area contributed by atoms with Crippen LogP contribution in [0.15, 0.2) is 24.3 Å². The first kappa shape index (κ1) is 19.9. The molecule has 27 heavy (non-hydrogen) atoms. The molecule has 0 radical (unpaired) electrons. The standard InChI is InChI=1S/C22H33N3O2/c1-18-8-10-19(11-9-18)22(27)25(20-6-4-2-3-5-7-20)15-12-21(26)24-16-13-23-14-17-24/h8-11,20,23H,2-7,12-17H2,1H3. The van der Waals surface area contributed by atoms with Crippen molar-refractivity contribution in [3.63, 3.8) is 0 Å². The van der Waals surface area contributed by atoms with Crippen molar-refractivity contribution in [1.82, 2.24) is 15.1 Å². The van der Waals surface area contributed by atoms with E-state index < -0.39 is 0 Å². The average Bonchev–Trinajstić information content (AvgIpc) is 2.98.